The third-order valence-electron chi connectivity index (χ3n) is 5.13. The Labute approximate surface area is 196 Å². The Kier molecular flexibility index (Phi) is 6.57. The van der Waals surface area contributed by atoms with Crippen molar-refractivity contribution in [3.8, 4) is 6.07 Å². The molecule has 0 saturated carbocycles. The van der Waals surface area contributed by atoms with Crippen LogP contribution in [0.3, 0.4) is 0 Å². The van der Waals surface area contributed by atoms with Crippen LogP contribution in [-0.2, 0) is 25.6 Å². The molecule has 0 saturated heterocycles. The van der Waals surface area contributed by atoms with Crippen molar-refractivity contribution in [2.45, 2.75) is 18.9 Å². The number of hydrogen-bond acceptors (Lipinski definition) is 6. The van der Waals surface area contributed by atoms with Gasteiger partial charge in [-0.1, -0.05) is 30.7 Å². The summed E-state index contributed by atoms with van der Waals surface area (Å²) in [6.07, 6.45) is 5.94. The van der Waals surface area contributed by atoms with E-state index in [0.717, 1.165) is 24.6 Å². The van der Waals surface area contributed by atoms with Gasteiger partial charge >= 0.3 is 0 Å². The third-order valence-corrected chi connectivity index (χ3v) is 8.60. The van der Waals surface area contributed by atoms with E-state index < -0.39 is 31.4 Å². The number of sulfonamides is 2. The van der Waals surface area contributed by atoms with Gasteiger partial charge < -0.3 is 0 Å². The Balaban J connectivity index is 2.44. The molecule has 0 bridgehead atoms. The first-order valence-electron chi connectivity index (χ1n) is 9.56. The molecule has 0 radical (unpaired) electrons. The number of anilines is 1. The molecule has 0 fully saturated rings. The Morgan fingerprint density at radius 2 is 1.79 bits per heavy atom. The monoisotopic (exact) mass is 510 g/mol. The molecule has 1 heterocycles. The fourth-order valence-corrected chi connectivity index (χ4v) is 6.93. The van der Waals surface area contributed by atoms with Gasteiger partial charge in [-0.15, -0.1) is 0 Å². The fraction of sp³-hybridized carbons (Fsp3) is 0.238. The van der Waals surface area contributed by atoms with E-state index in [1.807, 2.05) is 13.0 Å². The molecular weight excluding hydrogens is 491 g/mol. The van der Waals surface area contributed by atoms with Gasteiger partial charge in [0, 0.05) is 22.6 Å². The van der Waals surface area contributed by atoms with Crippen LogP contribution in [0.25, 0.3) is 10.9 Å². The topological polar surface area (TPSA) is 113 Å². The second-order valence-electron chi connectivity index (χ2n) is 7.38. The van der Waals surface area contributed by atoms with Gasteiger partial charge in [-0.05, 0) is 36.3 Å². The van der Waals surface area contributed by atoms with Crippen LogP contribution in [0.4, 0.5) is 10.1 Å². The highest BCUT2D eigenvalue weighted by Crippen LogP contribution is 2.38. The molecule has 0 aliphatic heterocycles. The predicted octanol–water partition coefficient (Wildman–Crippen LogP) is 3.79. The van der Waals surface area contributed by atoms with Crippen LogP contribution in [0.1, 0.15) is 18.9 Å². The van der Waals surface area contributed by atoms with Crippen molar-refractivity contribution in [2.24, 2.45) is 0 Å². The molecule has 12 heteroatoms. The molecule has 0 amide bonds. The van der Waals surface area contributed by atoms with Gasteiger partial charge in [0.15, 0.2) is 0 Å². The maximum absolute atomic E-state index is 14.7. The Morgan fingerprint density at radius 3 is 2.30 bits per heavy atom. The Bertz CT molecular complexity index is 1460. The summed E-state index contributed by atoms with van der Waals surface area (Å²) in [4.78, 5) is 0. The summed E-state index contributed by atoms with van der Waals surface area (Å²) < 4.78 is 65.7. The molecule has 3 rings (SSSR count). The van der Waals surface area contributed by atoms with E-state index in [1.165, 1.54) is 17.0 Å². The smallest absolute Gasteiger partial charge is 0.245 e. The minimum absolute atomic E-state index is 0.101. The number of fused-ring (bicyclic) bond motifs is 1. The van der Waals surface area contributed by atoms with Crippen LogP contribution in [0.15, 0.2) is 54.7 Å². The van der Waals surface area contributed by atoms with Gasteiger partial charge in [0.1, 0.15) is 11.4 Å². The maximum Gasteiger partial charge on any atom is 0.245 e. The van der Waals surface area contributed by atoms with E-state index in [4.69, 9.17) is 11.6 Å². The van der Waals surface area contributed by atoms with Gasteiger partial charge in [0.2, 0.25) is 20.0 Å². The summed E-state index contributed by atoms with van der Waals surface area (Å²) in [6, 6.07) is 10.7. The van der Waals surface area contributed by atoms with E-state index in [2.05, 4.69) is 5.10 Å². The van der Waals surface area contributed by atoms with Crippen LogP contribution in [0, 0.1) is 17.1 Å². The van der Waals surface area contributed by atoms with Crippen molar-refractivity contribution in [3.63, 3.8) is 0 Å². The average molecular weight is 511 g/mol. The zero-order valence-electron chi connectivity index (χ0n) is 17.9. The Morgan fingerprint density at radius 1 is 1.18 bits per heavy atom. The molecule has 1 atom stereocenters. The summed E-state index contributed by atoms with van der Waals surface area (Å²) in [5.41, 5.74) is -0.637. The number of nitrogens with zero attached hydrogens (tertiary/aromatic N) is 4. The first-order chi connectivity index (χ1) is 15.3. The molecular formula is C21H20ClFN4O4S2. The minimum Gasteiger partial charge on any atom is -0.250 e. The largest absolute Gasteiger partial charge is 0.250 e. The molecule has 0 N–H and O–H groups in total. The lowest BCUT2D eigenvalue weighted by Crippen LogP contribution is -2.35. The van der Waals surface area contributed by atoms with Crippen molar-refractivity contribution in [1.29, 1.82) is 5.26 Å². The molecule has 0 aliphatic carbocycles. The number of nitriles is 1. The average Bonchev–Trinajstić information content (AvgIpc) is 3.12. The lowest BCUT2D eigenvalue weighted by atomic mass is 9.86. The minimum atomic E-state index is -4.32. The van der Waals surface area contributed by atoms with Crippen LogP contribution in [0.2, 0.25) is 5.02 Å². The molecule has 2 aromatic carbocycles. The first kappa shape index (κ1) is 24.7. The molecule has 33 heavy (non-hydrogen) atoms. The molecule has 8 nitrogen and oxygen atoms in total. The molecule has 174 valence electrons. The fourth-order valence-electron chi connectivity index (χ4n) is 3.82. The van der Waals surface area contributed by atoms with Crippen molar-refractivity contribution in [1.82, 2.24) is 9.78 Å². The number of benzene rings is 2. The van der Waals surface area contributed by atoms with Crippen molar-refractivity contribution < 1.29 is 21.2 Å². The van der Waals surface area contributed by atoms with E-state index in [1.54, 1.807) is 30.3 Å². The van der Waals surface area contributed by atoms with Crippen LogP contribution in [0.5, 0.6) is 0 Å². The number of allylic oxidation sites excluding steroid dienone is 2. The van der Waals surface area contributed by atoms with E-state index in [0.29, 0.717) is 17.0 Å². The van der Waals surface area contributed by atoms with Gasteiger partial charge in [-0.2, -0.15) is 14.1 Å². The number of rotatable bonds is 7. The van der Waals surface area contributed by atoms with E-state index >= 15 is 0 Å². The predicted molar refractivity (Wildman–Crippen MR) is 125 cm³/mol. The normalized spacial score (nSPS) is 14.3. The van der Waals surface area contributed by atoms with Crippen molar-refractivity contribution in [2.75, 3.05) is 16.2 Å². The van der Waals surface area contributed by atoms with Gasteiger partial charge in [-0.3, -0.25) is 4.68 Å². The van der Waals surface area contributed by atoms with Crippen molar-refractivity contribution >= 4 is 48.2 Å². The SMILES string of the molecule is CCC(C=CC#N)(c1ccc(Cl)cc1)n1ncc2c(N(S(C)(=O)=O)S(C)(=O)=O)cc(F)cc21. The zero-order chi connectivity index (χ0) is 24.6. The number of hydrogen-bond donors (Lipinski definition) is 0. The molecule has 1 aromatic heterocycles. The second-order valence-corrected chi connectivity index (χ2v) is 11.7. The van der Waals surface area contributed by atoms with Gasteiger partial charge in [0.25, 0.3) is 0 Å². The number of halogens is 2. The first-order valence-corrected chi connectivity index (χ1v) is 13.6. The zero-order valence-corrected chi connectivity index (χ0v) is 20.3. The maximum atomic E-state index is 14.7. The van der Waals surface area contributed by atoms with E-state index in [9.17, 15) is 26.5 Å². The van der Waals surface area contributed by atoms with Gasteiger partial charge in [-0.25, -0.2) is 21.2 Å². The quantitative estimate of drug-likeness (QED) is 0.447. The van der Waals surface area contributed by atoms with Crippen LogP contribution >= 0.6 is 11.6 Å². The molecule has 0 spiro atoms. The third kappa shape index (κ3) is 4.59. The van der Waals surface area contributed by atoms with Crippen LogP contribution in [-0.4, -0.2) is 39.1 Å². The standard InChI is InChI=1S/C21H20ClFN4O4S2/c1-4-21(10-5-11-24,15-6-8-16(22)9-7-15)26-19-12-17(23)13-20(18(19)14-25-26)27(32(2,28)29)33(3,30)31/h5-10,12-14H,4H2,1-3H3. The summed E-state index contributed by atoms with van der Waals surface area (Å²) in [6.45, 7) is 1.84. The molecule has 3 aromatic rings. The van der Waals surface area contributed by atoms with Crippen molar-refractivity contribution in [3.05, 3.63) is 71.2 Å². The highest BCUT2D eigenvalue weighted by atomic mass is 35.5. The lowest BCUT2D eigenvalue weighted by Gasteiger charge is -2.32. The van der Waals surface area contributed by atoms with E-state index in [-0.39, 0.29) is 20.3 Å². The number of aromatic nitrogens is 2. The molecule has 0 aliphatic rings. The lowest BCUT2D eigenvalue weighted by molar-refractivity contribution is 0.402. The highest BCUT2D eigenvalue weighted by molar-refractivity contribution is 8.09. The summed E-state index contributed by atoms with van der Waals surface area (Å²) in [7, 11) is -8.63. The molecule has 1 unspecified atom stereocenters. The highest BCUT2D eigenvalue weighted by Gasteiger charge is 2.35. The second kappa shape index (κ2) is 8.78. The summed E-state index contributed by atoms with van der Waals surface area (Å²) in [5.74, 6) is -0.859. The van der Waals surface area contributed by atoms with Gasteiger partial charge in [0.05, 0.1) is 36.0 Å². The summed E-state index contributed by atoms with van der Waals surface area (Å²) >= 11 is 6.03. The van der Waals surface area contributed by atoms with Crippen LogP contribution < -0.4 is 3.71 Å². The summed E-state index contributed by atoms with van der Waals surface area (Å²) in [5, 5.41) is 14.1. The Hall–Kier alpha value is -2.94.